The van der Waals surface area contributed by atoms with Crippen LogP contribution in [0, 0.1) is 0 Å². The van der Waals surface area contributed by atoms with E-state index in [0.29, 0.717) is 28.5 Å². The average molecular weight is 372 g/mol. The Morgan fingerprint density at radius 3 is 2.41 bits per heavy atom. The number of H-pyrrole nitrogens is 1. The zero-order valence-electron chi connectivity index (χ0n) is 16.2. The molecule has 0 amide bonds. The van der Waals surface area contributed by atoms with Crippen LogP contribution >= 0.6 is 0 Å². The van der Waals surface area contributed by atoms with Gasteiger partial charge in [0.25, 0.3) is 5.56 Å². The van der Waals surface area contributed by atoms with Crippen LogP contribution in [0.5, 0.6) is 11.5 Å². The van der Waals surface area contributed by atoms with Crippen molar-refractivity contribution >= 4 is 11.2 Å². The quantitative estimate of drug-likeness (QED) is 0.715. The van der Waals surface area contributed by atoms with Crippen LogP contribution in [0.15, 0.2) is 27.8 Å². The number of rotatable bonds is 6. The Kier molecular flexibility index (Phi) is 5.07. The Morgan fingerprint density at radius 2 is 1.81 bits per heavy atom. The molecule has 27 heavy (non-hydrogen) atoms. The first-order valence-electron chi connectivity index (χ1n) is 8.85. The number of imidazole rings is 1. The molecule has 0 aliphatic rings. The van der Waals surface area contributed by atoms with Gasteiger partial charge in [-0.25, -0.2) is 9.78 Å². The van der Waals surface area contributed by atoms with Crippen molar-refractivity contribution in [3.8, 4) is 11.5 Å². The van der Waals surface area contributed by atoms with Crippen molar-refractivity contribution in [2.24, 2.45) is 0 Å². The second-order valence-corrected chi connectivity index (χ2v) is 6.58. The highest BCUT2D eigenvalue weighted by Gasteiger charge is 2.18. The minimum Gasteiger partial charge on any atom is -0.493 e. The van der Waals surface area contributed by atoms with Crippen molar-refractivity contribution in [1.82, 2.24) is 19.1 Å². The highest BCUT2D eigenvalue weighted by atomic mass is 16.5. The lowest BCUT2D eigenvalue weighted by molar-refractivity contribution is 0.354. The fourth-order valence-electron chi connectivity index (χ4n) is 3.04. The third-order valence-corrected chi connectivity index (χ3v) is 4.53. The van der Waals surface area contributed by atoms with Gasteiger partial charge in [0, 0.05) is 12.5 Å². The van der Waals surface area contributed by atoms with Gasteiger partial charge in [0.05, 0.1) is 20.8 Å². The molecule has 0 atom stereocenters. The topological polar surface area (TPSA) is 91.1 Å². The van der Waals surface area contributed by atoms with Crippen molar-refractivity contribution in [2.75, 3.05) is 14.2 Å². The molecular weight excluding hydrogens is 348 g/mol. The molecule has 2 heterocycles. The summed E-state index contributed by atoms with van der Waals surface area (Å²) >= 11 is 0. The molecule has 0 bridgehead atoms. The van der Waals surface area contributed by atoms with Crippen molar-refractivity contribution in [3.05, 3.63) is 50.4 Å². The first-order valence-corrected chi connectivity index (χ1v) is 8.85. The lowest BCUT2D eigenvalue weighted by Gasteiger charge is -2.12. The van der Waals surface area contributed by atoms with Gasteiger partial charge in [-0.15, -0.1) is 0 Å². The Labute approximate surface area is 156 Å². The summed E-state index contributed by atoms with van der Waals surface area (Å²) in [5.41, 5.74) is 0.826. The van der Waals surface area contributed by atoms with Gasteiger partial charge in [0.2, 0.25) is 0 Å². The van der Waals surface area contributed by atoms with Crippen molar-refractivity contribution in [1.29, 1.82) is 0 Å². The van der Waals surface area contributed by atoms with Crippen molar-refractivity contribution in [3.63, 3.8) is 0 Å². The summed E-state index contributed by atoms with van der Waals surface area (Å²) in [7, 11) is 3.13. The minimum absolute atomic E-state index is 0.108. The number of nitrogens with one attached hydrogen (secondary N) is 1. The van der Waals surface area contributed by atoms with Crippen LogP contribution in [0.25, 0.3) is 11.2 Å². The highest BCUT2D eigenvalue weighted by molar-refractivity contribution is 5.70. The van der Waals surface area contributed by atoms with E-state index in [2.05, 4.69) is 9.97 Å². The number of aromatic amines is 1. The summed E-state index contributed by atoms with van der Waals surface area (Å²) in [6, 6.07) is 5.46. The molecule has 3 aromatic rings. The van der Waals surface area contributed by atoms with E-state index >= 15 is 0 Å². The lowest BCUT2D eigenvalue weighted by atomic mass is 10.2. The normalized spacial score (nSPS) is 11.3. The molecule has 0 radical (unpaired) electrons. The fourth-order valence-corrected chi connectivity index (χ4v) is 3.04. The Bertz CT molecular complexity index is 1090. The monoisotopic (exact) mass is 372 g/mol. The number of nitrogens with zero attached hydrogens (tertiary/aromatic N) is 3. The molecule has 0 fully saturated rings. The van der Waals surface area contributed by atoms with Crippen LogP contribution in [0.2, 0.25) is 0 Å². The van der Waals surface area contributed by atoms with Crippen LogP contribution in [-0.4, -0.2) is 33.3 Å². The van der Waals surface area contributed by atoms with E-state index in [-0.39, 0.29) is 30.3 Å². The van der Waals surface area contributed by atoms with Crippen LogP contribution in [0.3, 0.4) is 0 Å². The summed E-state index contributed by atoms with van der Waals surface area (Å²) < 4.78 is 13.3. The fraction of sp³-hybridized carbons (Fsp3) is 0.421. The summed E-state index contributed by atoms with van der Waals surface area (Å²) in [5.74, 6) is 1.97. The van der Waals surface area contributed by atoms with Gasteiger partial charge in [-0.05, 0) is 24.6 Å². The number of aromatic nitrogens is 4. The average Bonchev–Trinajstić information content (AvgIpc) is 3.11. The Hall–Kier alpha value is -3.03. The van der Waals surface area contributed by atoms with Gasteiger partial charge in [-0.3, -0.25) is 13.9 Å². The number of hydrogen-bond acceptors (Lipinski definition) is 5. The molecule has 8 heteroatoms. The zero-order valence-corrected chi connectivity index (χ0v) is 16.2. The molecule has 2 aromatic heterocycles. The maximum Gasteiger partial charge on any atom is 0.333 e. The molecule has 1 aromatic carbocycles. The number of ether oxygens (including phenoxy) is 2. The van der Waals surface area contributed by atoms with Gasteiger partial charge >= 0.3 is 5.69 Å². The maximum absolute atomic E-state index is 12.9. The van der Waals surface area contributed by atoms with E-state index in [9.17, 15) is 9.59 Å². The summed E-state index contributed by atoms with van der Waals surface area (Å²) in [6.45, 7) is 6.28. The molecule has 0 spiro atoms. The number of benzene rings is 1. The smallest absolute Gasteiger partial charge is 0.333 e. The molecule has 144 valence electrons. The zero-order chi connectivity index (χ0) is 19.7. The number of hydrogen-bond donors (Lipinski definition) is 1. The van der Waals surface area contributed by atoms with Crippen molar-refractivity contribution in [2.45, 2.75) is 39.8 Å². The summed E-state index contributed by atoms with van der Waals surface area (Å²) in [5, 5.41) is 0. The van der Waals surface area contributed by atoms with Gasteiger partial charge in [0.15, 0.2) is 17.1 Å². The molecule has 0 aliphatic carbocycles. The predicted octanol–water partition coefficient (Wildman–Crippen LogP) is 2.10. The molecule has 8 nitrogen and oxygen atoms in total. The van der Waals surface area contributed by atoms with E-state index in [1.54, 1.807) is 27.2 Å². The van der Waals surface area contributed by atoms with Gasteiger partial charge in [-0.2, -0.15) is 0 Å². The lowest BCUT2D eigenvalue weighted by Crippen LogP contribution is -2.39. The van der Waals surface area contributed by atoms with E-state index in [1.807, 2.05) is 26.0 Å². The largest absolute Gasteiger partial charge is 0.493 e. The molecule has 0 saturated carbocycles. The van der Waals surface area contributed by atoms with Gasteiger partial charge in [-0.1, -0.05) is 19.9 Å². The standard InChI is InChI=1S/C19H24N4O4/c1-6-22-18(24)15-17(21-16(20-15)11(2)3)23(19(22)25)10-12-7-8-13(26-4)14(9-12)27-5/h7-9,11H,6,10H2,1-5H3,(H,20,21). The molecular formula is C19H24N4O4. The first kappa shape index (κ1) is 18.8. The first-order chi connectivity index (χ1) is 12.9. The molecule has 0 unspecified atom stereocenters. The third kappa shape index (κ3) is 3.22. The van der Waals surface area contributed by atoms with Crippen LogP contribution in [-0.2, 0) is 13.1 Å². The predicted molar refractivity (Wildman–Crippen MR) is 103 cm³/mol. The molecule has 0 saturated heterocycles. The third-order valence-electron chi connectivity index (χ3n) is 4.53. The van der Waals surface area contributed by atoms with E-state index in [4.69, 9.17) is 9.47 Å². The van der Waals surface area contributed by atoms with Crippen LogP contribution < -0.4 is 20.7 Å². The van der Waals surface area contributed by atoms with E-state index in [0.717, 1.165) is 5.56 Å². The SMILES string of the molecule is CCn1c(=O)c2[nH]c(C(C)C)nc2n(Cc2ccc(OC)c(OC)c2)c1=O. The highest BCUT2D eigenvalue weighted by Crippen LogP contribution is 2.28. The molecule has 3 rings (SSSR count). The van der Waals surface area contributed by atoms with Gasteiger partial charge < -0.3 is 14.5 Å². The van der Waals surface area contributed by atoms with Crippen molar-refractivity contribution < 1.29 is 9.47 Å². The van der Waals surface area contributed by atoms with Crippen LogP contribution in [0.1, 0.15) is 38.1 Å². The Balaban J connectivity index is 2.21. The van der Waals surface area contributed by atoms with E-state index in [1.165, 1.54) is 9.13 Å². The second kappa shape index (κ2) is 7.30. The minimum atomic E-state index is -0.383. The number of fused-ring (bicyclic) bond motifs is 1. The van der Waals surface area contributed by atoms with E-state index < -0.39 is 0 Å². The van der Waals surface area contributed by atoms with Gasteiger partial charge in [0.1, 0.15) is 11.3 Å². The maximum atomic E-state index is 12.9. The Morgan fingerprint density at radius 1 is 1.11 bits per heavy atom. The van der Waals surface area contributed by atoms with Crippen LogP contribution in [0.4, 0.5) is 0 Å². The second-order valence-electron chi connectivity index (χ2n) is 6.58. The summed E-state index contributed by atoms with van der Waals surface area (Å²) in [6.07, 6.45) is 0. The molecule has 1 N–H and O–H groups in total. The summed E-state index contributed by atoms with van der Waals surface area (Å²) in [4.78, 5) is 33.2. The number of methoxy groups -OCH3 is 2. The molecule has 0 aliphatic heterocycles.